The quantitative estimate of drug-likeness (QED) is 0.824. The Hall–Kier alpha value is -2.55. The molecule has 1 N–H and O–H groups in total. The second-order valence-corrected chi connectivity index (χ2v) is 4.00. The first-order valence-electron chi connectivity index (χ1n) is 5.54. The molecule has 0 aliphatic carbocycles. The summed E-state index contributed by atoms with van der Waals surface area (Å²) >= 11 is 0. The Morgan fingerprint density at radius 2 is 1.65 bits per heavy atom. The van der Waals surface area contributed by atoms with Crippen molar-refractivity contribution in [3.63, 3.8) is 0 Å². The lowest BCUT2D eigenvalue weighted by Gasteiger charge is -2.12. The van der Waals surface area contributed by atoms with Crippen molar-refractivity contribution in [3.8, 4) is 6.07 Å². The number of rotatable bonds is 2. The van der Waals surface area contributed by atoms with E-state index in [4.69, 9.17) is 5.26 Å². The van der Waals surface area contributed by atoms with E-state index in [0.717, 1.165) is 18.2 Å². The van der Waals surface area contributed by atoms with Gasteiger partial charge in [-0.1, -0.05) is 0 Å². The maximum Gasteiger partial charge on any atom is 0.416 e. The summed E-state index contributed by atoms with van der Waals surface area (Å²) < 4.78 is 50.7. The first kappa shape index (κ1) is 13.9. The van der Waals surface area contributed by atoms with Gasteiger partial charge in [-0.2, -0.15) is 18.4 Å². The summed E-state index contributed by atoms with van der Waals surface area (Å²) in [7, 11) is 0. The molecule has 0 heterocycles. The molecule has 0 unspecified atom stereocenters. The molecule has 2 aromatic carbocycles. The van der Waals surface area contributed by atoms with E-state index >= 15 is 0 Å². The maximum atomic E-state index is 12.8. The van der Waals surface area contributed by atoms with Gasteiger partial charge in [0.2, 0.25) is 0 Å². The number of hydrogen-bond donors (Lipinski definition) is 1. The third-order valence-electron chi connectivity index (χ3n) is 2.59. The van der Waals surface area contributed by atoms with Crippen molar-refractivity contribution in [2.75, 3.05) is 5.32 Å². The van der Waals surface area contributed by atoms with Gasteiger partial charge in [0.05, 0.1) is 16.8 Å². The van der Waals surface area contributed by atoms with Gasteiger partial charge in [-0.15, -0.1) is 0 Å². The van der Waals surface area contributed by atoms with Crippen molar-refractivity contribution in [1.82, 2.24) is 0 Å². The Labute approximate surface area is 112 Å². The molecule has 0 atom stereocenters. The highest BCUT2D eigenvalue weighted by molar-refractivity contribution is 5.67. The average Bonchev–Trinajstić information content (AvgIpc) is 2.40. The molecule has 0 saturated heterocycles. The van der Waals surface area contributed by atoms with Gasteiger partial charge in [0.25, 0.3) is 0 Å². The lowest BCUT2D eigenvalue weighted by atomic mass is 10.1. The standard InChI is InChI=1S/C14H8F4N2/c15-11-3-5-12(6-4-11)20-13-7-10(14(16,17)18)2-1-9(13)8-19/h1-7,20H. The fraction of sp³-hybridized carbons (Fsp3) is 0.0714. The summed E-state index contributed by atoms with van der Waals surface area (Å²) in [6, 6.07) is 9.67. The van der Waals surface area contributed by atoms with Crippen LogP contribution in [0.15, 0.2) is 42.5 Å². The van der Waals surface area contributed by atoms with Crippen molar-refractivity contribution in [2.45, 2.75) is 6.18 Å². The Kier molecular flexibility index (Phi) is 3.61. The number of nitrogens with one attached hydrogen (secondary N) is 1. The average molecular weight is 280 g/mol. The van der Waals surface area contributed by atoms with E-state index < -0.39 is 17.6 Å². The Balaban J connectivity index is 2.39. The van der Waals surface area contributed by atoms with Crippen LogP contribution < -0.4 is 5.32 Å². The van der Waals surface area contributed by atoms with E-state index in [1.165, 1.54) is 24.3 Å². The minimum atomic E-state index is -4.49. The normalized spacial score (nSPS) is 10.9. The van der Waals surface area contributed by atoms with E-state index in [9.17, 15) is 17.6 Å². The number of halogens is 4. The Morgan fingerprint density at radius 1 is 1.00 bits per heavy atom. The molecule has 2 nitrogen and oxygen atoms in total. The van der Waals surface area contributed by atoms with Crippen LogP contribution in [0, 0.1) is 17.1 Å². The first-order valence-corrected chi connectivity index (χ1v) is 5.54. The molecule has 0 saturated carbocycles. The van der Waals surface area contributed by atoms with Crippen molar-refractivity contribution in [2.24, 2.45) is 0 Å². The predicted molar refractivity (Wildman–Crippen MR) is 65.8 cm³/mol. The molecule has 0 aliphatic rings. The molecular weight excluding hydrogens is 272 g/mol. The molecule has 0 radical (unpaired) electrons. The van der Waals surface area contributed by atoms with Gasteiger partial charge in [-0.05, 0) is 42.5 Å². The fourth-order valence-electron chi connectivity index (χ4n) is 1.61. The van der Waals surface area contributed by atoms with Crippen LogP contribution in [0.25, 0.3) is 0 Å². The SMILES string of the molecule is N#Cc1ccc(C(F)(F)F)cc1Nc1ccc(F)cc1. The molecule has 2 rings (SSSR count). The number of alkyl halides is 3. The van der Waals surface area contributed by atoms with Crippen LogP contribution in [0.1, 0.15) is 11.1 Å². The zero-order chi connectivity index (χ0) is 14.8. The van der Waals surface area contributed by atoms with Crippen LogP contribution in [-0.4, -0.2) is 0 Å². The Bertz CT molecular complexity index is 654. The number of anilines is 2. The van der Waals surface area contributed by atoms with E-state index in [0.29, 0.717) is 5.69 Å². The maximum absolute atomic E-state index is 12.8. The van der Waals surface area contributed by atoms with Crippen LogP contribution in [0.3, 0.4) is 0 Å². The van der Waals surface area contributed by atoms with Gasteiger partial charge in [0, 0.05) is 5.69 Å². The number of nitrogens with zero attached hydrogens (tertiary/aromatic N) is 1. The second kappa shape index (κ2) is 5.21. The third kappa shape index (κ3) is 3.06. The van der Waals surface area contributed by atoms with Crippen molar-refractivity contribution in [1.29, 1.82) is 5.26 Å². The highest BCUT2D eigenvalue weighted by atomic mass is 19.4. The van der Waals surface area contributed by atoms with Crippen LogP contribution in [0.4, 0.5) is 28.9 Å². The monoisotopic (exact) mass is 280 g/mol. The molecule has 2 aromatic rings. The summed E-state index contributed by atoms with van der Waals surface area (Å²) in [6.07, 6.45) is -4.49. The summed E-state index contributed by atoms with van der Waals surface area (Å²) in [5.74, 6) is -0.458. The van der Waals surface area contributed by atoms with Crippen molar-refractivity contribution >= 4 is 11.4 Å². The Morgan fingerprint density at radius 3 is 2.20 bits per heavy atom. The second-order valence-electron chi connectivity index (χ2n) is 4.00. The minimum Gasteiger partial charge on any atom is -0.354 e. The topological polar surface area (TPSA) is 35.8 Å². The number of nitriles is 1. The zero-order valence-electron chi connectivity index (χ0n) is 10.0. The van der Waals surface area contributed by atoms with Gasteiger partial charge in [0.15, 0.2) is 0 Å². The van der Waals surface area contributed by atoms with Crippen molar-refractivity contribution in [3.05, 3.63) is 59.4 Å². The van der Waals surface area contributed by atoms with E-state index in [1.54, 1.807) is 6.07 Å². The third-order valence-corrected chi connectivity index (χ3v) is 2.59. The zero-order valence-corrected chi connectivity index (χ0v) is 10.0. The lowest BCUT2D eigenvalue weighted by molar-refractivity contribution is -0.137. The molecule has 20 heavy (non-hydrogen) atoms. The van der Waals surface area contributed by atoms with Gasteiger partial charge in [-0.25, -0.2) is 4.39 Å². The molecule has 0 fully saturated rings. The van der Waals surface area contributed by atoms with Gasteiger partial charge in [-0.3, -0.25) is 0 Å². The molecule has 6 heteroatoms. The van der Waals surface area contributed by atoms with E-state index in [-0.39, 0.29) is 11.3 Å². The molecule has 0 aromatic heterocycles. The van der Waals surface area contributed by atoms with Crippen LogP contribution in [-0.2, 0) is 6.18 Å². The van der Waals surface area contributed by atoms with Gasteiger partial charge >= 0.3 is 6.18 Å². The van der Waals surface area contributed by atoms with Gasteiger partial charge < -0.3 is 5.32 Å². The van der Waals surface area contributed by atoms with Crippen molar-refractivity contribution < 1.29 is 17.6 Å². The number of hydrogen-bond acceptors (Lipinski definition) is 2. The highest BCUT2D eigenvalue weighted by Crippen LogP contribution is 2.33. The van der Waals surface area contributed by atoms with E-state index in [1.807, 2.05) is 0 Å². The first-order chi connectivity index (χ1) is 9.40. The molecular formula is C14H8F4N2. The van der Waals surface area contributed by atoms with E-state index in [2.05, 4.69) is 5.32 Å². The van der Waals surface area contributed by atoms with Gasteiger partial charge in [0.1, 0.15) is 11.9 Å². The van der Waals surface area contributed by atoms with Crippen LogP contribution >= 0.6 is 0 Å². The molecule has 0 amide bonds. The molecule has 0 aliphatic heterocycles. The molecule has 0 spiro atoms. The summed E-state index contributed by atoms with van der Waals surface area (Å²) in [6.45, 7) is 0. The predicted octanol–water partition coefficient (Wildman–Crippen LogP) is 4.46. The summed E-state index contributed by atoms with van der Waals surface area (Å²) in [4.78, 5) is 0. The van der Waals surface area contributed by atoms with Crippen LogP contribution in [0.5, 0.6) is 0 Å². The lowest BCUT2D eigenvalue weighted by Crippen LogP contribution is -2.06. The smallest absolute Gasteiger partial charge is 0.354 e. The van der Waals surface area contributed by atoms with Crippen LogP contribution in [0.2, 0.25) is 0 Å². The highest BCUT2D eigenvalue weighted by Gasteiger charge is 2.31. The minimum absolute atomic E-state index is 0.0222. The summed E-state index contributed by atoms with van der Waals surface area (Å²) in [5.41, 5.74) is -0.375. The summed E-state index contributed by atoms with van der Waals surface area (Å²) in [5, 5.41) is 11.6. The fourth-order valence-corrected chi connectivity index (χ4v) is 1.61. The number of benzene rings is 2. The molecule has 102 valence electrons. The molecule has 0 bridgehead atoms. The largest absolute Gasteiger partial charge is 0.416 e.